The van der Waals surface area contributed by atoms with Gasteiger partial charge in [0.05, 0.1) is 32.4 Å². The molecule has 30 heavy (non-hydrogen) atoms. The number of aromatic nitrogens is 2. The van der Waals surface area contributed by atoms with Crippen LogP contribution in [0.5, 0.6) is 0 Å². The molecule has 4 heterocycles. The Kier molecular flexibility index (Phi) is 5.75. The Balaban J connectivity index is 1.72. The lowest BCUT2D eigenvalue weighted by Gasteiger charge is -2.40. The zero-order chi connectivity index (χ0) is 21.5. The fourth-order valence-electron chi connectivity index (χ4n) is 4.28. The van der Waals surface area contributed by atoms with Crippen LogP contribution in [0.4, 0.5) is 24.9 Å². The molecule has 1 aromatic heterocycles. The minimum atomic E-state index is -4.54. The fourth-order valence-corrected chi connectivity index (χ4v) is 4.28. The van der Waals surface area contributed by atoms with E-state index in [1.54, 1.807) is 0 Å². The first kappa shape index (κ1) is 21.1. The van der Waals surface area contributed by atoms with E-state index in [0.29, 0.717) is 38.6 Å². The molecule has 8 nitrogen and oxygen atoms in total. The van der Waals surface area contributed by atoms with Crippen LogP contribution in [0.2, 0.25) is 0 Å². The zero-order valence-electron chi connectivity index (χ0n) is 16.7. The summed E-state index contributed by atoms with van der Waals surface area (Å²) in [6, 6.07) is -0.584. The maximum Gasteiger partial charge on any atom is 0.408 e. The molecule has 2 fully saturated rings. The largest absolute Gasteiger partial charge is 0.408 e. The van der Waals surface area contributed by atoms with E-state index in [1.165, 1.54) is 10.6 Å². The molecule has 0 N–H and O–H groups in total. The van der Waals surface area contributed by atoms with E-state index in [4.69, 9.17) is 9.47 Å². The number of rotatable bonds is 4. The minimum absolute atomic E-state index is 0.0681. The second kappa shape index (κ2) is 8.18. The highest BCUT2D eigenvalue weighted by Crippen LogP contribution is 2.34. The molecule has 0 amide bonds. The van der Waals surface area contributed by atoms with Crippen molar-refractivity contribution in [1.82, 2.24) is 9.55 Å². The van der Waals surface area contributed by atoms with Gasteiger partial charge in [-0.05, 0) is 19.8 Å². The van der Waals surface area contributed by atoms with E-state index >= 15 is 0 Å². The normalized spacial score (nSPS) is 27.3. The molecule has 3 aliphatic heterocycles. The summed E-state index contributed by atoms with van der Waals surface area (Å²) >= 11 is 0. The Morgan fingerprint density at radius 1 is 1.20 bits per heavy atom. The highest BCUT2D eigenvalue weighted by atomic mass is 19.4. The molecule has 0 radical (unpaired) electrons. The van der Waals surface area contributed by atoms with Gasteiger partial charge in [-0.2, -0.15) is 18.2 Å². The smallest absolute Gasteiger partial charge is 0.381 e. The number of anilines is 2. The lowest BCUT2D eigenvalue weighted by molar-refractivity contribution is -0.153. The van der Waals surface area contributed by atoms with Crippen LogP contribution in [0.15, 0.2) is 10.9 Å². The van der Waals surface area contributed by atoms with Crippen molar-refractivity contribution in [3.05, 3.63) is 16.4 Å². The maximum absolute atomic E-state index is 13.8. The van der Waals surface area contributed by atoms with E-state index in [0.717, 1.165) is 4.90 Å². The van der Waals surface area contributed by atoms with E-state index < -0.39 is 30.2 Å². The maximum atomic E-state index is 13.8. The predicted octanol–water partition coefficient (Wildman–Crippen LogP) is 1.21. The van der Waals surface area contributed by atoms with Crippen molar-refractivity contribution in [3.8, 4) is 0 Å². The van der Waals surface area contributed by atoms with Crippen molar-refractivity contribution in [2.45, 2.75) is 44.6 Å². The van der Waals surface area contributed by atoms with Crippen LogP contribution in [0.3, 0.4) is 0 Å². The van der Waals surface area contributed by atoms with Crippen molar-refractivity contribution in [3.63, 3.8) is 0 Å². The van der Waals surface area contributed by atoms with Gasteiger partial charge < -0.3 is 19.3 Å². The number of morpholine rings is 1. The molecule has 2 unspecified atom stereocenters. The number of carbonyl (C=O) groups is 1. The summed E-state index contributed by atoms with van der Waals surface area (Å²) < 4.78 is 53.3. The van der Waals surface area contributed by atoms with Gasteiger partial charge in [0.25, 0.3) is 5.56 Å². The number of alkyl halides is 3. The average Bonchev–Trinajstić information content (AvgIpc) is 3.23. The van der Waals surface area contributed by atoms with Crippen LogP contribution in [-0.4, -0.2) is 73.1 Å². The molecule has 2 saturated heterocycles. The third-order valence-corrected chi connectivity index (χ3v) is 5.98. The van der Waals surface area contributed by atoms with Gasteiger partial charge in [-0.3, -0.25) is 14.2 Å². The number of halogens is 3. The van der Waals surface area contributed by atoms with E-state index in [1.807, 2.05) is 11.8 Å². The minimum Gasteiger partial charge on any atom is -0.381 e. The van der Waals surface area contributed by atoms with Gasteiger partial charge in [-0.1, -0.05) is 0 Å². The molecule has 0 spiro atoms. The Labute approximate surface area is 171 Å². The van der Waals surface area contributed by atoms with E-state index in [2.05, 4.69) is 4.98 Å². The van der Waals surface area contributed by atoms with Crippen LogP contribution >= 0.6 is 0 Å². The number of carbonyl (C=O) groups excluding carboxylic acids is 1. The molecule has 166 valence electrons. The number of hydrogen-bond donors (Lipinski definition) is 0. The average molecular weight is 430 g/mol. The summed E-state index contributed by atoms with van der Waals surface area (Å²) in [4.78, 5) is 32.7. The van der Waals surface area contributed by atoms with Gasteiger partial charge in [-0.25, -0.2) is 0 Å². The Bertz CT molecular complexity index is 853. The number of nitrogens with zero attached hydrogens (tertiary/aromatic N) is 4. The molecule has 1 aromatic rings. The molecular formula is C19H25F3N4O4. The summed E-state index contributed by atoms with van der Waals surface area (Å²) in [6.45, 7) is 3.36. The standard InChI is InChI=1S/C19H25F3N4O4/c1-12-10-30-7-5-24(12)16-8-17(28)25-4-2-15(19(20,21)22)26(18(25)23-16)9-14(27)13-3-6-29-11-13/h8,12-13,15H,2-7,9-11H2,1H3/t12-,13?,15?/m1/s1. The SMILES string of the molecule is C[C@@H]1COCCN1c1cc(=O)n2c(n1)N(CC(=O)C1CCOC1)C(C(F)(F)F)CC2. The quantitative estimate of drug-likeness (QED) is 0.711. The first-order chi connectivity index (χ1) is 14.3. The predicted molar refractivity (Wildman–Crippen MR) is 102 cm³/mol. The van der Waals surface area contributed by atoms with Crippen LogP contribution in [0.25, 0.3) is 0 Å². The highest BCUT2D eigenvalue weighted by Gasteiger charge is 2.48. The van der Waals surface area contributed by atoms with Crippen LogP contribution < -0.4 is 15.4 Å². The van der Waals surface area contributed by atoms with Crippen molar-refractivity contribution in [1.29, 1.82) is 0 Å². The number of ether oxygens (including phenoxy) is 2. The molecule has 3 aliphatic rings. The van der Waals surface area contributed by atoms with Crippen LogP contribution in [0, 0.1) is 5.92 Å². The highest BCUT2D eigenvalue weighted by molar-refractivity contribution is 5.86. The number of hydrogen-bond acceptors (Lipinski definition) is 7. The summed E-state index contributed by atoms with van der Waals surface area (Å²) in [6.07, 6.45) is -4.35. The molecule has 0 aromatic carbocycles. The number of ketones is 1. The van der Waals surface area contributed by atoms with Crippen LogP contribution in [-0.2, 0) is 20.8 Å². The van der Waals surface area contributed by atoms with Gasteiger partial charge >= 0.3 is 6.18 Å². The molecule has 11 heteroatoms. The Hall–Kier alpha value is -2.14. The lowest BCUT2D eigenvalue weighted by atomic mass is 10.0. The van der Waals surface area contributed by atoms with Gasteiger partial charge in [0.15, 0.2) is 5.78 Å². The summed E-state index contributed by atoms with van der Waals surface area (Å²) in [5, 5.41) is 0. The molecule has 0 aliphatic carbocycles. The monoisotopic (exact) mass is 430 g/mol. The second-order valence-electron chi connectivity index (χ2n) is 8.02. The number of Topliss-reactive ketones (excluding diaryl/α,β-unsaturated/α-hetero) is 1. The lowest BCUT2D eigenvalue weighted by Crippen LogP contribution is -2.55. The molecule has 0 bridgehead atoms. The molecule has 3 atom stereocenters. The van der Waals surface area contributed by atoms with E-state index in [-0.39, 0.29) is 37.3 Å². The van der Waals surface area contributed by atoms with Crippen molar-refractivity contribution in [2.75, 3.05) is 49.3 Å². The molecular weight excluding hydrogens is 405 g/mol. The van der Waals surface area contributed by atoms with Crippen molar-refractivity contribution < 1.29 is 27.4 Å². The van der Waals surface area contributed by atoms with Crippen molar-refractivity contribution in [2.24, 2.45) is 5.92 Å². The van der Waals surface area contributed by atoms with Gasteiger partial charge in [-0.15, -0.1) is 0 Å². The van der Waals surface area contributed by atoms with Crippen LogP contribution in [0.1, 0.15) is 19.8 Å². The van der Waals surface area contributed by atoms with Gasteiger partial charge in [0.2, 0.25) is 5.95 Å². The topological polar surface area (TPSA) is 76.9 Å². The van der Waals surface area contributed by atoms with E-state index in [9.17, 15) is 22.8 Å². The first-order valence-electron chi connectivity index (χ1n) is 10.2. The molecule has 0 saturated carbocycles. The first-order valence-corrected chi connectivity index (χ1v) is 10.2. The number of fused-ring (bicyclic) bond motifs is 1. The second-order valence-corrected chi connectivity index (χ2v) is 8.02. The van der Waals surface area contributed by atoms with Gasteiger partial charge in [0.1, 0.15) is 11.9 Å². The summed E-state index contributed by atoms with van der Waals surface area (Å²) in [5.41, 5.74) is -0.420. The summed E-state index contributed by atoms with van der Waals surface area (Å²) in [7, 11) is 0. The fraction of sp³-hybridized carbons (Fsp3) is 0.737. The van der Waals surface area contributed by atoms with Crippen molar-refractivity contribution >= 4 is 17.5 Å². The zero-order valence-corrected chi connectivity index (χ0v) is 16.7. The Morgan fingerprint density at radius 3 is 2.63 bits per heavy atom. The third-order valence-electron chi connectivity index (χ3n) is 5.98. The summed E-state index contributed by atoms with van der Waals surface area (Å²) in [5.74, 6) is -0.540. The van der Waals surface area contributed by atoms with Gasteiger partial charge in [0, 0.05) is 31.7 Å². The molecule has 4 rings (SSSR count). The third kappa shape index (κ3) is 4.04. The Morgan fingerprint density at radius 2 is 1.97 bits per heavy atom.